The standard InChI is InChI=1S/C22H30N6O4S/c1-14(29)31-13-17(26-21(30)32-22(2,3)4)8-7-16-12-28-18(15-9-24-27(5)11-15)10-23-19(28)20(25-16)33-6/h9-12,17H,7-8,13H2,1-6H3,(H,26,30). The molecule has 178 valence electrons. The quantitative estimate of drug-likeness (QED) is 0.391. The first-order valence-corrected chi connectivity index (χ1v) is 11.8. The van der Waals surface area contributed by atoms with Gasteiger partial charge in [-0.15, -0.1) is 11.8 Å². The smallest absolute Gasteiger partial charge is 0.407 e. The minimum atomic E-state index is -0.625. The largest absolute Gasteiger partial charge is 0.464 e. The van der Waals surface area contributed by atoms with Crippen molar-refractivity contribution in [1.29, 1.82) is 0 Å². The first-order chi connectivity index (χ1) is 15.6. The molecule has 3 heterocycles. The Kier molecular flexibility index (Phi) is 7.62. The molecule has 3 aromatic rings. The number of amides is 1. The van der Waals surface area contributed by atoms with Gasteiger partial charge in [0.1, 0.15) is 17.2 Å². The molecule has 11 heteroatoms. The van der Waals surface area contributed by atoms with Crippen molar-refractivity contribution in [1.82, 2.24) is 29.5 Å². The molecule has 1 N–H and O–H groups in total. The maximum absolute atomic E-state index is 12.3. The SMILES string of the molecule is CSc1nc(CCC(COC(C)=O)NC(=O)OC(C)(C)C)cn2c(-c3cnn(C)c3)cnc12. The molecule has 3 rings (SSSR count). The molecule has 0 radical (unpaired) electrons. The highest BCUT2D eigenvalue weighted by molar-refractivity contribution is 7.98. The second-order valence-corrected chi connectivity index (χ2v) is 9.46. The lowest BCUT2D eigenvalue weighted by Gasteiger charge is -2.23. The van der Waals surface area contributed by atoms with Crippen LogP contribution in [0.1, 0.15) is 39.8 Å². The van der Waals surface area contributed by atoms with E-state index >= 15 is 0 Å². The third kappa shape index (κ3) is 6.70. The van der Waals surface area contributed by atoms with E-state index in [1.54, 1.807) is 31.6 Å². The maximum atomic E-state index is 12.3. The van der Waals surface area contributed by atoms with E-state index in [-0.39, 0.29) is 6.61 Å². The summed E-state index contributed by atoms with van der Waals surface area (Å²) < 4.78 is 14.2. The number of nitrogens with zero attached hydrogens (tertiary/aromatic N) is 5. The van der Waals surface area contributed by atoms with Crippen molar-refractivity contribution in [3.63, 3.8) is 0 Å². The first-order valence-electron chi connectivity index (χ1n) is 10.6. The van der Waals surface area contributed by atoms with Crippen molar-refractivity contribution in [2.45, 2.75) is 57.2 Å². The minimum absolute atomic E-state index is 0.0538. The van der Waals surface area contributed by atoms with E-state index in [9.17, 15) is 9.59 Å². The Morgan fingerprint density at radius 3 is 2.61 bits per heavy atom. The number of ether oxygens (including phenoxy) is 2. The number of aryl methyl sites for hydroxylation is 2. The number of rotatable bonds is 8. The summed E-state index contributed by atoms with van der Waals surface area (Å²) in [5.74, 6) is -0.408. The minimum Gasteiger partial charge on any atom is -0.464 e. The number of hydrogen-bond acceptors (Lipinski definition) is 8. The van der Waals surface area contributed by atoms with Gasteiger partial charge in [-0.2, -0.15) is 5.10 Å². The van der Waals surface area contributed by atoms with E-state index in [1.165, 1.54) is 18.7 Å². The molecule has 0 aliphatic heterocycles. The summed E-state index contributed by atoms with van der Waals surface area (Å²) in [6, 6.07) is -0.417. The number of esters is 1. The predicted molar refractivity (Wildman–Crippen MR) is 125 cm³/mol. The predicted octanol–water partition coefficient (Wildman–Crippen LogP) is 3.24. The van der Waals surface area contributed by atoms with E-state index < -0.39 is 23.7 Å². The molecule has 1 unspecified atom stereocenters. The van der Waals surface area contributed by atoms with Crippen LogP contribution in [0.15, 0.2) is 29.8 Å². The molecule has 0 spiro atoms. The van der Waals surface area contributed by atoms with Gasteiger partial charge in [0.25, 0.3) is 0 Å². The van der Waals surface area contributed by atoms with E-state index in [0.29, 0.717) is 12.8 Å². The van der Waals surface area contributed by atoms with Gasteiger partial charge in [0, 0.05) is 31.9 Å². The molecule has 1 amide bonds. The fraction of sp³-hybridized carbons (Fsp3) is 0.500. The summed E-state index contributed by atoms with van der Waals surface area (Å²) in [6.07, 6.45) is 9.95. The molecular formula is C22H30N6O4S. The highest BCUT2D eigenvalue weighted by atomic mass is 32.2. The van der Waals surface area contributed by atoms with Gasteiger partial charge in [0.15, 0.2) is 5.65 Å². The van der Waals surface area contributed by atoms with Crippen LogP contribution in [0, 0.1) is 0 Å². The number of carbonyl (C=O) groups excluding carboxylic acids is 2. The van der Waals surface area contributed by atoms with Crippen LogP contribution in [0.2, 0.25) is 0 Å². The number of imidazole rings is 1. The maximum Gasteiger partial charge on any atom is 0.407 e. The number of nitrogens with one attached hydrogen (secondary N) is 1. The molecule has 33 heavy (non-hydrogen) atoms. The molecule has 3 aromatic heterocycles. The average Bonchev–Trinajstić information content (AvgIpc) is 3.33. The Balaban J connectivity index is 1.81. The van der Waals surface area contributed by atoms with Gasteiger partial charge in [-0.05, 0) is 39.9 Å². The topological polar surface area (TPSA) is 113 Å². The van der Waals surface area contributed by atoms with Gasteiger partial charge in [-0.25, -0.2) is 14.8 Å². The number of hydrogen-bond donors (Lipinski definition) is 1. The number of carbonyl (C=O) groups is 2. The van der Waals surface area contributed by atoms with Crippen molar-refractivity contribution in [2.24, 2.45) is 7.05 Å². The van der Waals surface area contributed by atoms with Crippen LogP contribution in [-0.2, 0) is 27.7 Å². The van der Waals surface area contributed by atoms with Crippen LogP contribution in [0.25, 0.3) is 16.9 Å². The van der Waals surface area contributed by atoms with Crippen LogP contribution in [0.5, 0.6) is 0 Å². The van der Waals surface area contributed by atoms with Crippen LogP contribution < -0.4 is 5.32 Å². The Morgan fingerprint density at radius 1 is 1.24 bits per heavy atom. The Morgan fingerprint density at radius 2 is 2.00 bits per heavy atom. The van der Waals surface area contributed by atoms with Crippen molar-refractivity contribution < 1.29 is 19.1 Å². The van der Waals surface area contributed by atoms with Gasteiger partial charge in [-0.3, -0.25) is 13.9 Å². The zero-order valence-corrected chi connectivity index (χ0v) is 20.6. The molecule has 10 nitrogen and oxygen atoms in total. The van der Waals surface area contributed by atoms with E-state index in [0.717, 1.165) is 27.6 Å². The third-order valence-electron chi connectivity index (χ3n) is 4.66. The van der Waals surface area contributed by atoms with E-state index in [4.69, 9.17) is 14.5 Å². The summed E-state index contributed by atoms with van der Waals surface area (Å²) in [7, 11) is 1.87. The van der Waals surface area contributed by atoms with E-state index in [2.05, 4.69) is 15.4 Å². The number of aromatic nitrogens is 5. The molecular weight excluding hydrogens is 444 g/mol. The van der Waals surface area contributed by atoms with Gasteiger partial charge >= 0.3 is 12.1 Å². The molecule has 0 aromatic carbocycles. The number of alkyl carbamates (subject to hydrolysis) is 1. The van der Waals surface area contributed by atoms with Gasteiger partial charge in [0.05, 0.1) is 29.8 Å². The van der Waals surface area contributed by atoms with Crippen molar-refractivity contribution in [2.75, 3.05) is 12.9 Å². The van der Waals surface area contributed by atoms with Crippen LogP contribution in [-0.4, -0.2) is 60.7 Å². The zero-order chi connectivity index (χ0) is 24.2. The third-order valence-corrected chi connectivity index (χ3v) is 5.32. The van der Waals surface area contributed by atoms with Crippen molar-refractivity contribution >= 4 is 29.5 Å². The highest BCUT2D eigenvalue weighted by Gasteiger charge is 2.21. The Hall–Kier alpha value is -3.08. The fourth-order valence-corrected chi connectivity index (χ4v) is 3.79. The molecule has 0 aliphatic carbocycles. The Labute approximate surface area is 197 Å². The summed E-state index contributed by atoms with van der Waals surface area (Å²) in [4.78, 5) is 32.9. The summed E-state index contributed by atoms with van der Waals surface area (Å²) >= 11 is 1.52. The molecule has 0 fully saturated rings. The molecule has 0 saturated heterocycles. The summed E-state index contributed by atoms with van der Waals surface area (Å²) in [5, 5.41) is 7.86. The van der Waals surface area contributed by atoms with Crippen LogP contribution >= 0.6 is 11.8 Å². The van der Waals surface area contributed by atoms with E-state index in [1.807, 2.05) is 36.3 Å². The molecule has 0 saturated carbocycles. The average molecular weight is 475 g/mol. The van der Waals surface area contributed by atoms with Crippen LogP contribution in [0.3, 0.4) is 0 Å². The lowest BCUT2D eigenvalue weighted by molar-refractivity contribution is -0.141. The number of thioether (sulfide) groups is 1. The lowest BCUT2D eigenvalue weighted by atomic mass is 10.1. The normalized spacial score (nSPS) is 12.5. The summed E-state index contributed by atoms with van der Waals surface area (Å²) in [6.45, 7) is 6.77. The van der Waals surface area contributed by atoms with Crippen LogP contribution in [0.4, 0.5) is 4.79 Å². The summed E-state index contributed by atoms with van der Waals surface area (Å²) in [5.41, 5.74) is 2.84. The molecule has 0 bridgehead atoms. The highest BCUT2D eigenvalue weighted by Crippen LogP contribution is 2.26. The molecule has 1 atom stereocenters. The van der Waals surface area contributed by atoms with Crippen molar-refractivity contribution in [3.8, 4) is 11.3 Å². The van der Waals surface area contributed by atoms with Gasteiger partial charge in [0.2, 0.25) is 0 Å². The van der Waals surface area contributed by atoms with Gasteiger partial charge in [-0.1, -0.05) is 0 Å². The second kappa shape index (κ2) is 10.2. The first kappa shape index (κ1) is 24.6. The van der Waals surface area contributed by atoms with Crippen molar-refractivity contribution in [3.05, 3.63) is 30.5 Å². The second-order valence-electron chi connectivity index (χ2n) is 8.67. The Bertz CT molecular complexity index is 1130. The zero-order valence-electron chi connectivity index (χ0n) is 19.8. The number of fused-ring (bicyclic) bond motifs is 1. The van der Waals surface area contributed by atoms with Gasteiger partial charge < -0.3 is 14.8 Å². The molecule has 0 aliphatic rings. The fourth-order valence-electron chi connectivity index (χ4n) is 3.24. The monoisotopic (exact) mass is 474 g/mol. The lowest BCUT2D eigenvalue weighted by Crippen LogP contribution is -2.42.